The van der Waals surface area contributed by atoms with Crippen LogP contribution in [0.15, 0.2) is 29.7 Å². The average molecular weight is 430 g/mol. The number of carbonyl (C=O) groups is 3. The monoisotopic (exact) mass is 429 g/mol. The molecule has 4 aliphatic rings. The van der Waals surface area contributed by atoms with E-state index in [9.17, 15) is 14.4 Å². The maximum absolute atomic E-state index is 13.5. The SMILES string of the molecule is CC(C)(C)NC(=O)[C@@H]1N(C2CC2)C(=O)[C@@H]2[C@@H](C(=O)NCc3cccs3)[C@H]3C=C[C@]21O3. The molecule has 160 valence electrons. The summed E-state index contributed by atoms with van der Waals surface area (Å²) in [6.07, 6.45) is 5.01. The summed E-state index contributed by atoms with van der Waals surface area (Å²) in [5.41, 5.74) is -1.49. The van der Waals surface area contributed by atoms with Gasteiger partial charge in [-0.3, -0.25) is 14.4 Å². The molecule has 3 aliphatic heterocycles. The number of carbonyl (C=O) groups excluding carboxylic acids is 3. The van der Waals surface area contributed by atoms with Crippen molar-refractivity contribution in [3.63, 3.8) is 0 Å². The molecule has 3 fully saturated rings. The highest BCUT2D eigenvalue weighted by Gasteiger charge is 2.74. The molecular formula is C22H27N3O4S. The highest BCUT2D eigenvalue weighted by molar-refractivity contribution is 7.09. The van der Waals surface area contributed by atoms with E-state index < -0.39 is 35.1 Å². The van der Waals surface area contributed by atoms with Gasteiger partial charge in [-0.2, -0.15) is 0 Å². The molecule has 2 bridgehead atoms. The Morgan fingerprint density at radius 1 is 1.30 bits per heavy atom. The number of likely N-dealkylation sites (tertiary alicyclic amines) is 1. The van der Waals surface area contributed by atoms with Gasteiger partial charge in [0, 0.05) is 16.5 Å². The summed E-state index contributed by atoms with van der Waals surface area (Å²) >= 11 is 1.58. The fourth-order valence-electron chi connectivity index (χ4n) is 5.10. The van der Waals surface area contributed by atoms with Gasteiger partial charge in [-0.1, -0.05) is 18.2 Å². The Balaban J connectivity index is 1.44. The van der Waals surface area contributed by atoms with Gasteiger partial charge < -0.3 is 20.3 Å². The minimum atomic E-state index is -1.06. The van der Waals surface area contributed by atoms with E-state index in [1.54, 1.807) is 16.2 Å². The molecule has 5 rings (SSSR count). The summed E-state index contributed by atoms with van der Waals surface area (Å²) in [4.78, 5) is 42.7. The molecule has 1 aromatic rings. The van der Waals surface area contributed by atoms with E-state index in [2.05, 4.69) is 10.6 Å². The van der Waals surface area contributed by atoms with Crippen molar-refractivity contribution >= 4 is 29.1 Å². The zero-order chi connectivity index (χ0) is 21.3. The number of thiophene rings is 1. The van der Waals surface area contributed by atoms with Crippen LogP contribution in [0.1, 0.15) is 38.5 Å². The molecule has 1 saturated carbocycles. The van der Waals surface area contributed by atoms with Crippen LogP contribution in [0.3, 0.4) is 0 Å². The summed E-state index contributed by atoms with van der Waals surface area (Å²) in [6, 6.07) is 3.22. The van der Waals surface area contributed by atoms with E-state index >= 15 is 0 Å². The predicted molar refractivity (Wildman–Crippen MR) is 111 cm³/mol. The van der Waals surface area contributed by atoms with Crippen molar-refractivity contribution in [3.05, 3.63) is 34.5 Å². The molecule has 5 atom stereocenters. The molecule has 0 radical (unpaired) electrons. The van der Waals surface area contributed by atoms with E-state index in [0.717, 1.165) is 17.7 Å². The van der Waals surface area contributed by atoms with Crippen LogP contribution in [0, 0.1) is 11.8 Å². The van der Waals surface area contributed by atoms with E-state index in [1.807, 2.05) is 50.4 Å². The van der Waals surface area contributed by atoms with E-state index in [0.29, 0.717) is 6.54 Å². The summed E-state index contributed by atoms with van der Waals surface area (Å²) in [7, 11) is 0. The fraction of sp³-hybridized carbons (Fsp3) is 0.591. The van der Waals surface area contributed by atoms with Crippen LogP contribution in [0.25, 0.3) is 0 Å². The second-order valence-corrected chi connectivity index (χ2v) is 10.7. The smallest absolute Gasteiger partial charge is 0.246 e. The molecule has 3 amide bonds. The Bertz CT molecular complexity index is 917. The number of hydrogen-bond acceptors (Lipinski definition) is 5. The Hall–Kier alpha value is -2.19. The van der Waals surface area contributed by atoms with Gasteiger partial charge in [-0.25, -0.2) is 0 Å². The fourth-order valence-corrected chi connectivity index (χ4v) is 5.74. The lowest BCUT2D eigenvalue weighted by Crippen LogP contribution is -2.58. The first-order chi connectivity index (χ1) is 14.2. The first-order valence-electron chi connectivity index (χ1n) is 10.5. The Kier molecular flexibility index (Phi) is 4.38. The predicted octanol–water partition coefficient (Wildman–Crippen LogP) is 1.59. The number of amides is 3. The van der Waals surface area contributed by atoms with Gasteiger partial charge in [0.1, 0.15) is 11.6 Å². The third-order valence-corrected chi connectivity index (χ3v) is 7.19. The van der Waals surface area contributed by atoms with Crippen LogP contribution in [-0.2, 0) is 25.7 Å². The Morgan fingerprint density at radius 2 is 2.07 bits per heavy atom. The lowest BCUT2D eigenvalue weighted by Gasteiger charge is -2.34. The number of nitrogens with one attached hydrogen (secondary N) is 2. The molecule has 1 aliphatic carbocycles. The van der Waals surface area contributed by atoms with Crippen molar-refractivity contribution in [2.75, 3.05) is 0 Å². The Labute approximate surface area is 179 Å². The molecule has 0 unspecified atom stereocenters. The van der Waals surface area contributed by atoms with Crippen molar-refractivity contribution in [2.45, 2.75) is 69.5 Å². The first-order valence-corrected chi connectivity index (χ1v) is 11.4. The van der Waals surface area contributed by atoms with Gasteiger partial charge in [0.2, 0.25) is 17.7 Å². The summed E-state index contributed by atoms with van der Waals surface area (Å²) in [5.74, 6) is -1.81. The first kappa shape index (κ1) is 19.8. The second kappa shape index (κ2) is 6.65. The molecular weight excluding hydrogens is 402 g/mol. The maximum Gasteiger partial charge on any atom is 0.246 e. The van der Waals surface area contributed by atoms with Crippen molar-refractivity contribution in [2.24, 2.45) is 11.8 Å². The van der Waals surface area contributed by atoms with Gasteiger partial charge in [-0.05, 0) is 45.1 Å². The van der Waals surface area contributed by atoms with Crippen molar-refractivity contribution in [1.82, 2.24) is 15.5 Å². The largest absolute Gasteiger partial charge is 0.359 e. The van der Waals surface area contributed by atoms with Gasteiger partial charge in [0.15, 0.2) is 0 Å². The average Bonchev–Trinajstić information content (AvgIpc) is 3.05. The highest BCUT2D eigenvalue weighted by Crippen LogP contribution is 2.57. The number of hydrogen-bond donors (Lipinski definition) is 2. The normalized spacial score (nSPS) is 34.4. The van der Waals surface area contributed by atoms with E-state index in [1.165, 1.54) is 0 Å². The molecule has 4 heterocycles. The van der Waals surface area contributed by atoms with Crippen LogP contribution < -0.4 is 10.6 Å². The van der Waals surface area contributed by atoms with E-state index in [-0.39, 0.29) is 23.8 Å². The Morgan fingerprint density at radius 3 is 2.70 bits per heavy atom. The van der Waals surface area contributed by atoms with Gasteiger partial charge >= 0.3 is 0 Å². The van der Waals surface area contributed by atoms with Crippen LogP contribution in [0.4, 0.5) is 0 Å². The molecule has 7 nitrogen and oxygen atoms in total. The maximum atomic E-state index is 13.5. The van der Waals surface area contributed by atoms with E-state index in [4.69, 9.17) is 4.74 Å². The second-order valence-electron chi connectivity index (χ2n) is 9.71. The van der Waals surface area contributed by atoms with Gasteiger partial charge in [0.05, 0.1) is 24.5 Å². The molecule has 1 aromatic heterocycles. The van der Waals surface area contributed by atoms with Gasteiger partial charge in [-0.15, -0.1) is 11.3 Å². The van der Waals surface area contributed by atoms with Crippen LogP contribution in [-0.4, -0.2) is 51.9 Å². The molecule has 2 saturated heterocycles. The molecule has 1 spiro atoms. The summed E-state index contributed by atoms with van der Waals surface area (Å²) < 4.78 is 6.29. The molecule has 0 aromatic carbocycles. The van der Waals surface area contributed by atoms with Crippen molar-refractivity contribution in [3.8, 4) is 0 Å². The highest BCUT2D eigenvalue weighted by atomic mass is 32.1. The van der Waals surface area contributed by atoms with Crippen LogP contribution in [0.2, 0.25) is 0 Å². The lowest BCUT2D eigenvalue weighted by atomic mass is 9.74. The molecule has 30 heavy (non-hydrogen) atoms. The number of rotatable bonds is 5. The minimum absolute atomic E-state index is 0.0547. The van der Waals surface area contributed by atoms with Gasteiger partial charge in [0.25, 0.3) is 0 Å². The number of fused-ring (bicyclic) bond motifs is 1. The zero-order valence-electron chi connectivity index (χ0n) is 17.4. The molecule has 8 heteroatoms. The molecule has 2 N–H and O–H groups in total. The summed E-state index contributed by atoms with van der Waals surface area (Å²) in [6.45, 7) is 6.18. The quantitative estimate of drug-likeness (QED) is 0.696. The standard InChI is InChI=1S/C22H27N3O4S/c1-21(2,3)24-19(27)17-22-9-8-14(29-22)15(16(22)20(28)25(17)12-6-7-12)18(26)23-11-13-5-4-10-30-13/h4-5,8-10,12,14-17H,6-7,11H2,1-3H3,(H,23,26)(H,24,27)/t14-,15+,16+,17+,22+/m1/s1. The third-order valence-electron chi connectivity index (χ3n) is 6.32. The summed E-state index contributed by atoms with van der Waals surface area (Å²) in [5, 5.41) is 7.96. The topological polar surface area (TPSA) is 87.7 Å². The van der Waals surface area contributed by atoms with Crippen molar-refractivity contribution < 1.29 is 19.1 Å². The van der Waals surface area contributed by atoms with Crippen molar-refractivity contribution in [1.29, 1.82) is 0 Å². The number of nitrogens with zero attached hydrogens (tertiary/aromatic N) is 1. The van der Waals surface area contributed by atoms with Crippen LogP contribution >= 0.6 is 11.3 Å². The lowest BCUT2D eigenvalue weighted by molar-refractivity contribution is -0.143. The zero-order valence-corrected chi connectivity index (χ0v) is 18.2. The minimum Gasteiger partial charge on any atom is -0.359 e. The van der Waals surface area contributed by atoms with Crippen LogP contribution in [0.5, 0.6) is 0 Å². The number of ether oxygens (including phenoxy) is 1. The third kappa shape index (κ3) is 3.00.